The van der Waals surface area contributed by atoms with E-state index >= 15 is 0 Å². The summed E-state index contributed by atoms with van der Waals surface area (Å²) in [5.41, 5.74) is 0. The van der Waals surface area contributed by atoms with Crippen LogP contribution in [0.25, 0.3) is 0 Å². The number of carbonyl (C=O) groups excluding carboxylic acids is 1. The summed E-state index contributed by atoms with van der Waals surface area (Å²) >= 11 is 0. The van der Waals surface area contributed by atoms with Gasteiger partial charge in [-0.2, -0.15) is 4.98 Å². The predicted molar refractivity (Wildman–Crippen MR) is 67.9 cm³/mol. The first-order valence-corrected chi connectivity index (χ1v) is 7.18. The lowest BCUT2D eigenvalue weighted by atomic mass is 9.82. The van der Waals surface area contributed by atoms with Crippen molar-refractivity contribution in [2.75, 3.05) is 13.2 Å². The van der Waals surface area contributed by atoms with Gasteiger partial charge in [0.2, 0.25) is 5.89 Å². The fourth-order valence-corrected chi connectivity index (χ4v) is 3.07. The van der Waals surface area contributed by atoms with Crippen LogP contribution in [0.3, 0.4) is 0 Å². The van der Waals surface area contributed by atoms with E-state index in [2.05, 4.69) is 17.1 Å². The average molecular weight is 264 g/mol. The highest BCUT2D eigenvalue weighted by Gasteiger charge is 2.31. The van der Waals surface area contributed by atoms with Crippen molar-refractivity contribution in [3.05, 3.63) is 11.7 Å². The molecule has 2 aliphatic rings. The van der Waals surface area contributed by atoms with Gasteiger partial charge in [-0.1, -0.05) is 24.9 Å². The fourth-order valence-electron chi connectivity index (χ4n) is 3.07. The molecule has 3 atom stereocenters. The summed E-state index contributed by atoms with van der Waals surface area (Å²) in [6, 6.07) is 0. The van der Waals surface area contributed by atoms with Gasteiger partial charge in [0.05, 0.1) is 13.2 Å². The Morgan fingerprint density at radius 3 is 3.00 bits per heavy atom. The molecule has 0 spiro atoms. The summed E-state index contributed by atoms with van der Waals surface area (Å²) in [7, 11) is 0. The zero-order chi connectivity index (χ0) is 13.2. The molecular formula is C14H20N2O3. The zero-order valence-electron chi connectivity index (χ0n) is 11.3. The average Bonchev–Trinajstić information content (AvgIpc) is 2.89. The first-order valence-electron chi connectivity index (χ1n) is 7.18. The van der Waals surface area contributed by atoms with Gasteiger partial charge in [0, 0.05) is 12.3 Å². The highest BCUT2D eigenvalue weighted by Crippen LogP contribution is 2.35. The van der Waals surface area contributed by atoms with Crippen LogP contribution in [0.4, 0.5) is 0 Å². The van der Waals surface area contributed by atoms with Gasteiger partial charge in [-0.05, 0) is 18.8 Å². The maximum Gasteiger partial charge on any atom is 0.239 e. The van der Waals surface area contributed by atoms with Crippen LogP contribution < -0.4 is 0 Å². The van der Waals surface area contributed by atoms with Crippen molar-refractivity contribution in [2.45, 2.75) is 50.9 Å². The van der Waals surface area contributed by atoms with E-state index in [1.807, 2.05) is 0 Å². The van der Waals surface area contributed by atoms with Crippen LogP contribution in [0.5, 0.6) is 0 Å². The molecule has 19 heavy (non-hydrogen) atoms. The molecule has 0 bridgehead atoms. The molecule has 3 rings (SSSR count). The second kappa shape index (κ2) is 5.41. The van der Waals surface area contributed by atoms with Gasteiger partial charge in [0.15, 0.2) is 5.82 Å². The predicted octanol–water partition coefficient (Wildman–Crippen LogP) is 2.44. The van der Waals surface area contributed by atoms with Crippen LogP contribution in [0, 0.1) is 5.92 Å². The summed E-state index contributed by atoms with van der Waals surface area (Å²) in [6.45, 7) is 3.16. The number of hydrogen-bond acceptors (Lipinski definition) is 5. The highest BCUT2D eigenvalue weighted by molar-refractivity contribution is 5.85. The van der Waals surface area contributed by atoms with E-state index in [0.717, 1.165) is 24.6 Å². The van der Waals surface area contributed by atoms with Crippen LogP contribution >= 0.6 is 0 Å². The Morgan fingerprint density at radius 1 is 1.32 bits per heavy atom. The van der Waals surface area contributed by atoms with Crippen LogP contribution in [0.1, 0.15) is 62.6 Å². The maximum atomic E-state index is 11.8. The number of ketones is 1. The van der Waals surface area contributed by atoms with Crippen molar-refractivity contribution in [2.24, 2.45) is 5.92 Å². The van der Waals surface area contributed by atoms with Crippen LogP contribution in [0.2, 0.25) is 0 Å². The fraction of sp³-hybridized carbons (Fsp3) is 0.786. The van der Waals surface area contributed by atoms with E-state index in [4.69, 9.17) is 9.26 Å². The molecule has 1 saturated heterocycles. The molecule has 0 radical (unpaired) electrons. The second-order valence-corrected chi connectivity index (χ2v) is 5.80. The van der Waals surface area contributed by atoms with Crippen molar-refractivity contribution in [1.29, 1.82) is 0 Å². The van der Waals surface area contributed by atoms with Crippen molar-refractivity contribution in [3.63, 3.8) is 0 Å². The standard InChI is InChI=1S/C14H20N2O3/c1-9-3-2-4-10(7-9)13-15-14(19-16-13)11-8-18-6-5-12(11)17/h9-11H,2-8H2,1H3. The molecule has 2 heterocycles. The third-order valence-corrected chi connectivity index (χ3v) is 4.22. The monoisotopic (exact) mass is 264 g/mol. The van der Waals surface area contributed by atoms with Crippen molar-refractivity contribution < 1.29 is 14.1 Å². The number of aromatic nitrogens is 2. The van der Waals surface area contributed by atoms with Crippen LogP contribution in [-0.4, -0.2) is 29.1 Å². The number of hydrogen-bond donors (Lipinski definition) is 0. The van der Waals surface area contributed by atoms with E-state index in [9.17, 15) is 4.79 Å². The number of nitrogens with zero attached hydrogens (tertiary/aromatic N) is 2. The smallest absolute Gasteiger partial charge is 0.239 e. The van der Waals surface area contributed by atoms with E-state index in [-0.39, 0.29) is 11.7 Å². The SMILES string of the molecule is CC1CCCC(c2noc(C3COCCC3=O)n2)C1. The Labute approximate surface area is 112 Å². The van der Waals surface area contributed by atoms with Gasteiger partial charge < -0.3 is 9.26 Å². The van der Waals surface area contributed by atoms with Crippen LogP contribution in [0.15, 0.2) is 4.52 Å². The third kappa shape index (κ3) is 2.71. The Morgan fingerprint density at radius 2 is 2.21 bits per heavy atom. The molecule has 1 aliphatic carbocycles. The van der Waals surface area contributed by atoms with Crippen LogP contribution in [-0.2, 0) is 9.53 Å². The molecule has 0 aromatic carbocycles. The number of rotatable bonds is 2. The molecule has 104 valence electrons. The molecule has 1 aromatic rings. The molecule has 1 aliphatic heterocycles. The molecule has 5 nitrogen and oxygen atoms in total. The molecule has 0 N–H and O–H groups in total. The number of carbonyl (C=O) groups is 1. The minimum Gasteiger partial charge on any atom is -0.380 e. The molecule has 1 saturated carbocycles. The van der Waals surface area contributed by atoms with Crippen molar-refractivity contribution in [1.82, 2.24) is 10.1 Å². The van der Waals surface area contributed by atoms with E-state index < -0.39 is 0 Å². The van der Waals surface area contributed by atoms with Crippen molar-refractivity contribution >= 4 is 5.78 Å². The first kappa shape index (κ1) is 12.8. The lowest BCUT2D eigenvalue weighted by Crippen LogP contribution is -2.26. The molecule has 3 unspecified atom stereocenters. The summed E-state index contributed by atoms with van der Waals surface area (Å²) in [5, 5.41) is 4.09. The zero-order valence-corrected chi connectivity index (χ0v) is 11.3. The Balaban J connectivity index is 1.73. The minimum absolute atomic E-state index is 0.151. The third-order valence-electron chi connectivity index (χ3n) is 4.22. The van der Waals surface area contributed by atoms with Gasteiger partial charge in [0.25, 0.3) is 0 Å². The van der Waals surface area contributed by atoms with Gasteiger partial charge in [-0.3, -0.25) is 4.79 Å². The summed E-state index contributed by atoms with van der Waals surface area (Å²) in [5.74, 6) is 2.13. The quantitative estimate of drug-likeness (QED) is 0.820. The van der Waals surface area contributed by atoms with Gasteiger partial charge in [-0.15, -0.1) is 0 Å². The summed E-state index contributed by atoms with van der Waals surface area (Å²) in [6.07, 6.45) is 5.20. The van der Waals surface area contributed by atoms with Gasteiger partial charge in [0.1, 0.15) is 11.7 Å². The summed E-state index contributed by atoms with van der Waals surface area (Å²) < 4.78 is 10.6. The molecular weight excluding hydrogens is 244 g/mol. The van der Waals surface area contributed by atoms with Crippen molar-refractivity contribution in [3.8, 4) is 0 Å². The lowest BCUT2D eigenvalue weighted by Gasteiger charge is -2.24. The Kier molecular flexibility index (Phi) is 3.64. The van der Waals surface area contributed by atoms with E-state index in [0.29, 0.717) is 31.4 Å². The van der Waals surface area contributed by atoms with E-state index in [1.165, 1.54) is 12.8 Å². The second-order valence-electron chi connectivity index (χ2n) is 5.80. The molecule has 1 aromatic heterocycles. The number of Topliss-reactive ketones (excluding diaryl/α,β-unsaturated/α-hetero) is 1. The van der Waals surface area contributed by atoms with Gasteiger partial charge >= 0.3 is 0 Å². The maximum absolute atomic E-state index is 11.8. The van der Waals surface area contributed by atoms with Gasteiger partial charge in [-0.25, -0.2) is 0 Å². The highest BCUT2D eigenvalue weighted by atomic mass is 16.5. The molecule has 0 amide bonds. The lowest BCUT2D eigenvalue weighted by molar-refractivity contribution is -0.127. The molecule has 5 heteroatoms. The first-order chi connectivity index (χ1) is 9.24. The topological polar surface area (TPSA) is 65.2 Å². The Bertz CT molecular complexity index is 457. The Hall–Kier alpha value is -1.23. The minimum atomic E-state index is -0.351. The van der Waals surface area contributed by atoms with E-state index in [1.54, 1.807) is 0 Å². The normalized spacial score (nSPS) is 32.5. The number of ether oxygens (including phenoxy) is 1. The molecule has 2 fully saturated rings. The largest absolute Gasteiger partial charge is 0.380 e. The summed E-state index contributed by atoms with van der Waals surface area (Å²) in [4.78, 5) is 16.3.